The van der Waals surface area contributed by atoms with Crippen LogP contribution in [0.15, 0.2) is 11.3 Å². The minimum atomic E-state index is 0.232. The van der Waals surface area contributed by atoms with Crippen molar-refractivity contribution in [3.63, 3.8) is 0 Å². The first-order valence-electron chi connectivity index (χ1n) is 8.21. The molecule has 2 heterocycles. The van der Waals surface area contributed by atoms with Gasteiger partial charge in [0, 0.05) is 18.2 Å². The Balaban J connectivity index is 1.81. The van der Waals surface area contributed by atoms with Crippen molar-refractivity contribution in [1.29, 1.82) is 0 Å². The Morgan fingerprint density at radius 3 is 2.80 bits per heavy atom. The first kappa shape index (κ1) is 13.1. The van der Waals surface area contributed by atoms with Crippen molar-refractivity contribution in [2.75, 3.05) is 20.3 Å². The lowest BCUT2D eigenvalue weighted by molar-refractivity contribution is 0.124. The second kappa shape index (κ2) is 4.70. The average molecular weight is 291 g/mol. The zero-order valence-corrected chi connectivity index (χ0v) is 13.3. The van der Waals surface area contributed by atoms with Crippen molar-refractivity contribution in [3.8, 4) is 0 Å². The van der Waals surface area contributed by atoms with Gasteiger partial charge in [0.2, 0.25) is 0 Å². The summed E-state index contributed by atoms with van der Waals surface area (Å²) in [6, 6.07) is 0. The fourth-order valence-electron chi connectivity index (χ4n) is 4.94. The first-order valence-corrected chi connectivity index (χ1v) is 8.62. The molecule has 0 aromatic heterocycles. The van der Waals surface area contributed by atoms with Gasteiger partial charge < -0.3 is 10.2 Å². The molecule has 0 radical (unpaired) electrons. The number of hydrogen-bond acceptors (Lipinski definition) is 2. The Morgan fingerprint density at radius 1 is 1.20 bits per heavy atom. The van der Waals surface area contributed by atoms with Crippen LogP contribution in [-0.2, 0) is 0 Å². The van der Waals surface area contributed by atoms with E-state index >= 15 is 0 Å². The fourth-order valence-corrected chi connectivity index (χ4v) is 5.29. The standard InChI is InChI=1S/C16H25N3S/c1-18-10-12-6-5-7-13-14(12)19(11-18)15(20)17-16(13)8-3-2-4-9-16/h12H,2-11H2,1H3,(H,17,20)/t12-/m0/s1. The van der Waals surface area contributed by atoms with Crippen LogP contribution in [0.2, 0.25) is 0 Å². The highest BCUT2D eigenvalue weighted by Gasteiger charge is 2.47. The molecule has 0 amide bonds. The third-order valence-corrected chi connectivity index (χ3v) is 6.08. The summed E-state index contributed by atoms with van der Waals surface area (Å²) >= 11 is 5.74. The van der Waals surface area contributed by atoms with E-state index < -0.39 is 0 Å². The maximum absolute atomic E-state index is 5.74. The monoisotopic (exact) mass is 291 g/mol. The van der Waals surface area contributed by atoms with Gasteiger partial charge in [-0.05, 0) is 56.9 Å². The molecule has 4 rings (SSSR count). The van der Waals surface area contributed by atoms with Crippen molar-refractivity contribution in [1.82, 2.24) is 15.1 Å². The maximum Gasteiger partial charge on any atom is 0.175 e. The third kappa shape index (κ3) is 1.84. The summed E-state index contributed by atoms with van der Waals surface area (Å²) < 4.78 is 0. The summed E-state index contributed by atoms with van der Waals surface area (Å²) in [5.74, 6) is 0.719. The van der Waals surface area contributed by atoms with E-state index in [1.165, 1.54) is 57.9 Å². The Labute approximate surface area is 127 Å². The topological polar surface area (TPSA) is 18.5 Å². The summed E-state index contributed by atoms with van der Waals surface area (Å²) in [4.78, 5) is 4.82. The summed E-state index contributed by atoms with van der Waals surface area (Å²) in [5.41, 5.74) is 3.59. The highest BCUT2D eigenvalue weighted by molar-refractivity contribution is 7.80. The third-order valence-electron chi connectivity index (χ3n) is 5.76. The van der Waals surface area contributed by atoms with Crippen molar-refractivity contribution < 1.29 is 0 Å². The van der Waals surface area contributed by atoms with Gasteiger partial charge in [-0.2, -0.15) is 0 Å². The second-order valence-corrected chi connectivity index (χ2v) is 7.52. The van der Waals surface area contributed by atoms with Crippen LogP contribution in [0.5, 0.6) is 0 Å². The van der Waals surface area contributed by atoms with Gasteiger partial charge in [-0.3, -0.25) is 4.90 Å². The lowest BCUT2D eigenvalue weighted by Gasteiger charge is -2.55. The van der Waals surface area contributed by atoms with Gasteiger partial charge in [0.25, 0.3) is 0 Å². The molecule has 2 aliphatic heterocycles. The summed E-state index contributed by atoms with van der Waals surface area (Å²) in [7, 11) is 2.22. The SMILES string of the molecule is CN1C[C@@H]2CCCC3=C2N(C1)C(=S)NC31CCCCC1. The molecule has 1 N–H and O–H groups in total. The summed E-state index contributed by atoms with van der Waals surface area (Å²) in [6.45, 7) is 2.19. The molecule has 0 unspecified atom stereocenters. The molecular weight excluding hydrogens is 266 g/mol. The Bertz CT molecular complexity index is 464. The lowest BCUT2D eigenvalue weighted by atomic mass is 9.68. The van der Waals surface area contributed by atoms with E-state index in [-0.39, 0.29) is 5.54 Å². The molecule has 0 aromatic carbocycles. The number of rotatable bonds is 0. The predicted molar refractivity (Wildman–Crippen MR) is 85.3 cm³/mol. The molecule has 110 valence electrons. The fraction of sp³-hybridized carbons (Fsp3) is 0.812. The van der Waals surface area contributed by atoms with Crippen LogP contribution in [0.1, 0.15) is 51.4 Å². The van der Waals surface area contributed by atoms with Crippen LogP contribution in [0.4, 0.5) is 0 Å². The molecule has 2 fully saturated rings. The normalized spacial score (nSPS) is 33.1. The Morgan fingerprint density at radius 2 is 2.00 bits per heavy atom. The van der Waals surface area contributed by atoms with Gasteiger partial charge in [-0.25, -0.2) is 0 Å². The molecule has 20 heavy (non-hydrogen) atoms. The molecule has 0 bridgehead atoms. The maximum atomic E-state index is 5.74. The summed E-state index contributed by atoms with van der Waals surface area (Å²) in [5, 5.41) is 4.77. The highest BCUT2D eigenvalue weighted by atomic mass is 32.1. The zero-order valence-electron chi connectivity index (χ0n) is 12.5. The van der Waals surface area contributed by atoms with Crippen LogP contribution in [-0.4, -0.2) is 40.7 Å². The minimum absolute atomic E-state index is 0.232. The van der Waals surface area contributed by atoms with E-state index in [0.29, 0.717) is 0 Å². The van der Waals surface area contributed by atoms with Crippen molar-refractivity contribution in [2.45, 2.75) is 56.9 Å². The van der Waals surface area contributed by atoms with Crippen molar-refractivity contribution in [2.24, 2.45) is 5.92 Å². The van der Waals surface area contributed by atoms with Gasteiger partial charge in [0.1, 0.15) is 0 Å². The van der Waals surface area contributed by atoms with Crippen molar-refractivity contribution in [3.05, 3.63) is 11.3 Å². The number of nitrogens with zero attached hydrogens (tertiary/aromatic N) is 2. The molecule has 3 nitrogen and oxygen atoms in total. The number of fused-ring (bicyclic) bond motifs is 1. The predicted octanol–water partition coefficient (Wildman–Crippen LogP) is 2.84. The molecule has 1 saturated carbocycles. The second-order valence-electron chi connectivity index (χ2n) is 7.13. The van der Waals surface area contributed by atoms with Gasteiger partial charge in [0.15, 0.2) is 5.11 Å². The van der Waals surface area contributed by atoms with Gasteiger partial charge in [-0.15, -0.1) is 0 Å². The molecule has 4 aliphatic rings. The quantitative estimate of drug-likeness (QED) is 0.692. The van der Waals surface area contributed by atoms with E-state index in [4.69, 9.17) is 12.2 Å². The molecule has 1 atom stereocenters. The highest BCUT2D eigenvalue weighted by Crippen LogP contribution is 2.47. The molecule has 0 aromatic rings. The number of nitrogens with one attached hydrogen (secondary N) is 1. The Kier molecular flexibility index (Phi) is 3.08. The molecule has 4 heteroatoms. The van der Waals surface area contributed by atoms with E-state index in [1.54, 1.807) is 11.3 Å². The van der Waals surface area contributed by atoms with E-state index in [0.717, 1.165) is 17.7 Å². The van der Waals surface area contributed by atoms with Crippen molar-refractivity contribution >= 4 is 17.3 Å². The number of thiocarbonyl (C=S) groups is 1. The smallest absolute Gasteiger partial charge is 0.175 e. The molecule has 1 spiro atoms. The van der Waals surface area contributed by atoms with E-state index in [9.17, 15) is 0 Å². The Hall–Kier alpha value is -0.610. The molecule has 1 saturated heterocycles. The average Bonchev–Trinajstić information content (AvgIpc) is 2.45. The largest absolute Gasteiger partial charge is 0.353 e. The summed E-state index contributed by atoms with van der Waals surface area (Å²) in [6.07, 6.45) is 10.7. The molecule has 2 aliphatic carbocycles. The van der Waals surface area contributed by atoms with E-state index in [1.807, 2.05) is 0 Å². The van der Waals surface area contributed by atoms with Crippen LogP contribution in [0, 0.1) is 5.92 Å². The van der Waals surface area contributed by atoms with E-state index in [2.05, 4.69) is 22.2 Å². The first-order chi connectivity index (χ1) is 9.70. The minimum Gasteiger partial charge on any atom is -0.353 e. The van der Waals surface area contributed by atoms with Gasteiger partial charge in [0.05, 0.1) is 12.2 Å². The lowest BCUT2D eigenvalue weighted by Crippen LogP contribution is -2.64. The van der Waals surface area contributed by atoms with Gasteiger partial charge in [-0.1, -0.05) is 19.3 Å². The molecular formula is C16H25N3S. The zero-order chi connectivity index (χ0) is 13.7. The van der Waals surface area contributed by atoms with Gasteiger partial charge >= 0.3 is 0 Å². The van der Waals surface area contributed by atoms with Crippen LogP contribution in [0.25, 0.3) is 0 Å². The number of hydrogen-bond donors (Lipinski definition) is 1. The van der Waals surface area contributed by atoms with Crippen LogP contribution >= 0.6 is 12.2 Å². The van der Waals surface area contributed by atoms with Crippen LogP contribution in [0.3, 0.4) is 0 Å². The van der Waals surface area contributed by atoms with Crippen LogP contribution < -0.4 is 5.32 Å².